The van der Waals surface area contributed by atoms with E-state index in [9.17, 15) is 57.5 Å². The summed E-state index contributed by atoms with van der Waals surface area (Å²) >= 11 is 0. The van der Waals surface area contributed by atoms with Gasteiger partial charge in [-0.05, 0) is 38.5 Å². The first-order valence-electron chi connectivity index (χ1n) is 21.2. The molecule has 1 unspecified atom stereocenters. The molecule has 0 saturated carbocycles. The minimum atomic E-state index is -1.10. The topological polar surface area (TPSA) is 292 Å². The van der Waals surface area contributed by atoms with Crippen molar-refractivity contribution in [1.82, 2.24) is 20.3 Å². The van der Waals surface area contributed by atoms with Gasteiger partial charge in [0.2, 0.25) is 0 Å². The number of Topliss-reactive ketones (excluding diaryl/α,β-unsaturated/α-hetero) is 1. The van der Waals surface area contributed by atoms with Crippen molar-refractivity contribution in [1.29, 1.82) is 0 Å². The second kappa shape index (κ2) is 26.3. The molecule has 0 aromatic carbocycles. The number of nitrogens with zero attached hydrogens (tertiary/aromatic N) is 4. The van der Waals surface area contributed by atoms with E-state index in [4.69, 9.17) is 38.3 Å². The number of amides is 8. The standard InChI is InChI=1S/C40H54N4O20/c45-28(9-18-39(56)64-44-35(52)16-17-36(44)53)23-60-27-40(24-57-19-3-1-4-22-61-41-29(46)10-11-30(41)47,26-59-21-6-8-38(55)63-43-33(50)14-15-34(43)51)25-58-20-5-2-7-37(54)62-42-31(48)12-13-32(42)49/h1-27H2. The zero-order valence-corrected chi connectivity index (χ0v) is 35.5. The Bertz CT molecular complexity index is 1710. The molecule has 0 radical (unpaired) electrons. The summed E-state index contributed by atoms with van der Waals surface area (Å²) in [5.74, 6) is -7.60. The van der Waals surface area contributed by atoms with Crippen molar-refractivity contribution < 1.29 is 95.8 Å². The van der Waals surface area contributed by atoms with Gasteiger partial charge in [-0.1, -0.05) is 0 Å². The fraction of sp³-hybridized carbons (Fsp3) is 0.700. The normalized spacial score (nSPS) is 17.6. The van der Waals surface area contributed by atoms with E-state index in [1.807, 2.05) is 0 Å². The summed E-state index contributed by atoms with van der Waals surface area (Å²) in [7, 11) is 0. The van der Waals surface area contributed by atoms with Gasteiger partial charge < -0.3 is 33.5 Å². The summed E-state index contributed by atoms with van der Waals surface area (Å²) in [6.07, 6.45) is 1.18. The highest BCUT2D eigenvalue weighted by Crippen LogP contribution is 2.23. The third kappa shape index (κ3) is 16.9. The van der Waals surface area contributed by atoms with Crippen LogP contribution in [0.25, 0.3) is 0 Å². The molecule has 0 spiro atoms. The summed E-state index contributed by atoms with van der Waals surface area (Å²) in [5.41, 5.74) is -1.10. The van der Waals surface area contributed by atoms with Gasteiger partial charge >= 0.3 is 17.9 Å². The number of hydrogen-bond donors (Lipinski definition) is 0. The number of ketones is 1. The Balaban J connectivity index is 1.31. The first kappa shape index (κ1) is 51.1. The molecule has 24 nitrogen and oxygen atoms in total. The van der Waals surface area contributed by atoms with Gasteiger partial charge in [0.05, 0.1) is 51.3 Å². The summed E-state index contributed by atoms with van der Waals surface area (Å²) in [6.45, 7) is -0.379. The molecule has 0 N–H and O–H groups in total. The number of rotatable bonds is 32. The number of carbonyl (C=O) groups is 12. The van der Waals surface area contributed by atoms with E-state index < -0.39 is 77.6 Å². The van der Waals surface area contributed by atoms with E-state index in [0.717, 1.165) is 5.06 Å². The summed E-state index contributed by atoms with van der Waals surface area (Å²) < 4.78 is 23.8. The molecule has 1 atom stereocenters. The SMILES string of the molecule is O=C(CCC(=O)ON1C(=O)CCC1=O)COCC(COCCCCCON1C(=O)CCC1=O)(COCCCCC(=O)ON1C(=O)CCC1=O)COCCCC(=O)ON1C(=O)CCC1=O. The van der Waals surface area contributed by atoms with Crippen molar-refractivity contribution in [2.24, 2.45) is 5.41 Å². The maximum Gasteiger partial charge on any atom is 0.333 e. The second-order valence-corrected chi connectivity index (χ2v) is 15.4. The predicted octanol–water partition coefficient (Wildman–Crippen LogP) is 0.412. The number of hydroxylamine groups is 8. The molecule has 24 heteroatoms. The average Bonchev–Trinajstić information content (AvgIpc) is 3.97. The molecule has 0 aromatic rings. The minimum Gasteiger partial charge on any atom is -0.381 e. The lowest BCUT2D eigenvalue weighted by Crippen LogP contribution is -2.42. The molecule has 4 aliphatic heterocycles. The van der Waals surface area contributed by atoms with Crippen LogP contribution in [0.15, 0.2) is 0 Å². The maximum atomic E-state index is 12.8. The van der Waals surface area contributed by atoms with Crippen LogP contribution >= 0.6 is 0 Å². The van der Waals surface area contributed by atoms with E-state index in [-0.39, 0.29) is 148 Å². The molecule has 0 aliphatic carbocycles. The molecule has 4 rings (SSSR count). The van der Waals surface area contributed by atoms with Gasteiger partial charge in [0.25, 0.3) is 47.3 Å². The van der Waals surface area contributed by atoms with Crippen LogP contribution in [-0.4, -0.2) is 151 Å². The van der Waals surface area contributed by atoms with Crippen molar-refractivity contribution in [2.75, 3.05) is 59.5 Å². The Morgan fingerprint density at radius 3 is 1.17 bits per heavy atom. The fourth-order valence-electron chi connectivity index (χ4n) is 6.36. The van der Waals surface area contributed by atoms with Crippen molar-refractivity contribution in [2.45, 2.75) is 116 Å². The zero-order chi connectivity index (χ0) is 46.5. The highest BCUT2D eigenvalue weighted by Gasteiger charge is 2.36. The van der Waals surface area contributed by atoms with Crippen LogP contribution in [0.4, 0.5) is 0 Å². The third-order valence-electron chi connectivity index (χ3n) is 9.85. The van der Waals surface area contributed by atoms with Crippen LogP contribution in [0.5, 0.6) is 0 Å². The van der Waals surface area contributed by atoms with Crippen molar-refractivity contribution in [3.63, 3.8) is 0 Å². The molecule has 0 aromatic heterocycles. The first-order valence-corrected chi connectivity index (χ1v) is 21.2. The molecule has 4 aliphatic rings. The van der Waals surface area contributed by atoms with Crippen molar-refractivity contribution in [3.8, 4) is 0 Å². The molecule has 4 fully saturated rings. The van der Waals surface area contributed by atoms with Crippen LogP contribution < -0.4 is 0 Å². The smallest absolute Gasteiger partial charge is 0.333 e. The lowest BCUT2D eigenvalue weighted by Gasteiger charge is -2.33. The highest BCUT2D eigenvalue weighted by molar-refractivity contribution is 6.03. The summed E-state index contributed by atoms with van der Waals surface area (Å²) in [6, 6.07) is 0. The van der Waals surface area contributed by atoms with Gasteiger partial charge in [-0.3, -0.25) is 48.0 Å². The monoisotopic (exact) mass is 910 g/mol. The summed E-state index contributed by atoms with van der Waals surface area (Å²) in [4.78, 5) is 164. The Labute approximate surface area is 367 Å². The number of unbranched alkanes of at least 4 members (excludes halogenated alkanes) is 3. The molecule has 4 heterocycles. The van der Waals surface area contributed by atoms with Gasteiger partial charge in [0.15, 0.2) is 5.78 Å². The van der Waals surface area contributed by atoms with Crippen LogP contribution in [-0.2, 0) is 95.8 Å². The molecular weight excluding hydrogens is 856 g/mol. The van der Waals surface area contributed by atoms with Crippen LogP contribution in [0.3, 0.4) is 0 Å². The average molecular weight is 911 g/mol. The van der Waals surface area contributed by atoms with Crippen LogP contribution in [0.1, 0.15) is 116 Å². The second-order valence-electron chi connectivity index (χ2n) is 15.4. The summed E-state index contributed by atoms with van der Waals surface area (Å²) in [5, 5.41) is 2.07. The van der Waals surface area contributed by atoms with E-state index >= 15 is 0 Å². The number of ether oxygens (including phenoxy) is 4. The van der Waals surface area contributed by atoms with Crippen LogP contribution in [0.2, 0.25) is 0 Å². The molecule has 8 amide bonds. The number of hydrogen-bond acceptors (Lipinski definition) is 20. The Morgan fingerprint density at radius 1 is 0.375 bits per heavy atom. The Hall–Kier alpha value is -5.56. The van der Waals surface area contributed by atoms with E-state index in [1.54, 1.807) is 0 Å². The first-order chi connectivity index (χ1) is 30.7. The van der Waals surface area contributed by atoms with E-state index in [2.05, 4.69) is 0 Å². The fourth-order valence-corrected chi connectivity index (χ4v) is 6.36. The van der Waals surface area contributed by atoms with Gasteiger partial charge in [0, 0.05) is 84.0 Å². The molecule has 4 saturated heterocycles. The van der Waals surface area contributed by atoms with Crippen molar-refractivity contribution in [3.05, 3.63) is 0 Å². The van der Waals surface area contributed by atoms with Gasteiger partial charge in [-0.15, -0.1) is 15.2 Å². The molecule has 64 heavy (non-hydrogen) atoms. The van der Waals surface area contributed by atoms with E-state index in [0.29, 0.717) is 40.9 Å². The maximum absolute atomic E-state index is 12.8. The lowest BCUT2D eigenvalue weighted by atomic mass is 9.92. The van der Waals surface area contributed by atoms with Gasteiger partial charge in [0.1, 0.15) is 6.61 Å². The zero-order valence-electron chi connectivity index (χ0n) is 35.5. The molecular formula is C40H54N4O20. The Kier molecular flexibility index (Phi) is 21.0. The minimum absolute atomic E-state index is 0.00599. The predicted molar refractivity (Wildman–Crippen MR) is 205 cm³/mol. The van der Waals surface area contributed by atoms with Gasteiger partial charge in [-0.25, -0.2) is 14.4 Å². The van der Waals surface area contributed by atoms with Crippen molar-refractivity contribution >= 4 is 70.9 Å². The molecule has 0 bridgehead atoms. The Morgan fingerprint density at radius 2 is 0.719 bits per heavy atom. The highest BCUT2D eigenvalue weighted by atomic mass is 16.7. The number of imide groups is 4. The van der Waals surface area contributed by atoms with Crippen LogP contribution in [0, 0.1) is 5.41 Å². The quantitative estimate of drug-likeness (QED) is 0.0652. The largest absolute Gasteiger partial charge is 0.381 e. The lowest BCUT2D eigenvalue weighted by molar-refractivity contribution is -0.197. The molecule has 354 valence electrons. The number of carbonyl (C=O) groups excluding carboxylic acids is 12. The van der Waals surface area contributed by atoms with E-state index in [1.165, 1.54) is 0 Å². The third-order valence-corrected chi connectivity index (χ3v) is 9.85. The van der Waals surface area contributed by atoms with Gasteiger partial charge in [-0.2, -0.15) is 5.06 Å².